The first-order valence-corrected chi connectivity index (χ1v) is 9.53. The summed E-state index contributed by atoms with van der Waals surface area (Å²) in [6.07, 6.45) is 7.85. The number of fused-ring (bicyclic) bond motifs is 1. The molecule has 0 atom stereocenters. The van der Waals surface area contributed by atoms with Crippen molar-refractivity contribution in [3.05, 3.63) is 29.1 Å². The van der Waals surface area contributed by atoms with E-state index < -0.39 is 10.3 Å². The van der Waals surface area contributed by atoms with Crippen molar-refractivity contribution in [2.75, 3.05) is 0 Å². The minimum absolute atomic E-state index is 0.274. The summed E-state index contributed by atoms with van der Waals surface area (Å²) in [6.45, 7) is 0. The molecule has 0 amide bonds. The first-order valence-electron chi connectivity index (χ1n) is 7.24. The van der Waals surface area contributed by atoms with Crippen LogP contribution >= 0.6 is 11.3 Å². The maximum atomic E-state index is 11.0. The van der Waals surface area contributed by atoms with Crippen LogP contribution in [0.3, 0.4) is 0 Å². The van der Waals surface area contributed by atoms with E-state index in [9.17, 15) is 8.42 Å². The number of rotatable bonds is 4. The zero-order chi connectivity index (χ0) is 14.9. The fraction of sp³-hybridized carbons (Fsp3) is 0.467. The molecular weight excluding hydrogens is 306 g/mol. The molecule has 2 aromatic rings. The number of benzene rings is 1. The first-order chi connectivity index (χ1) is 9.99. The molecule has 114 valence electrons. The molecule has 0 aliphatic heterocycles. The van der Waals surface area contributed by atoms with Crippen molar-refractivity contribution in [1.82, 2.24) is 0 Å². The maximum absolute atomic E-state index is 11.0. The second kappa shape index (κ2) is 5.94. The smallest absolute Gasteiger partial charge is 0.371 e. The Morgan fingerprint density at radius 1 is 1.19 bits per heavy atom. The van der Waals surface area contributed by atoms with E-state index in [1.165, 1.54) is 37.0 Å². The van der Waals surface area contributed by atoms with Gasteiger partial charge in [-0.05, 0) is 42.0 Å². The van der Waals surface area contributed by atoms with Crippen LogP contribution < -0.4 is 9.32 Å². The molecule has 3 rings (SSSR count). The quantitative estimate of drug-likeness (QED) is 0.933. The van der Waals surface area contributed by atoms with Crippen molar-refractivity contribution in [2.24, 2.45) is 11.1 Å². The second-order valence-corrected chi connectivity index (χ2v) is 8.02. The predicted molar refractivity (Wildman–Crippen MR) is 85.8 cm³/mol. The zero-order valence-electron chi connectivity index (χ0n) is 11.7. The number of hydrogen-bond acceptors (Lipinski definition) is 4. The van der Waals surface area contributed by atoms with Crippen LogP contribution in [0.5, 0.6) is 5.75 Å². The molecule has 1 saturated carbocycles. The van der Waals surface area contributed by atoms with Crippen molar-refractivity contribution >= 4 is 31.7 Å². The van der Waals surface area contributed by atoms with Crippen LogP contribution in [0, 0.1) is 5.92 Å². The maximum Gasteiger partial charge on any atom is 0.380 e. The van der Waals surface area contributed by atoms with Gasteiger partial charge in [0.25, 0.3) is 0 Å². The number of hydrogen-bond donors (Lipinski definition) is 1. The molecule has 0 unspecified atom stereocenters. The van der Waals surface area contributed by atoms with Crippen LogP contribution in [0.25, 0.3) is 10.1 Å². The molecule has 1 aliphatic rings. The minimum Gasteiger partial charge on any atom is -0.371 e. The molecule has 1 aromatic heterocycles. The van der Waals surface area contributed by atoms with E-state index in [0.717, 1.165) is 22.4 Å². The summed E-state index contributed by atoms with van der Waals surface area (Å²) < 4.78 is 27.7. The van der Waals surface area contributed by atoms with Crippen LogP contribution in [0.1, 0.15) is 37.0 Å². The van der Waals surface area contributed by atoms with Gasteiger partial charge in [-0.25, -0.2) is 0 Å². The average Bonchev–Trinajstić information content (AvgIpc) is 2.79. The Morgan fingerprint density at radius 3 is 2.67 bits per heavy atom. The lowest BCUT2D eigenvalue weighted by Crippen LogP contribution is -2.18. The lowest BCUT2D eigenvalue weighted by Gasteiger charge is -2.20. The lowest BCUT2D eigenvalue weighted by atomic mass is 9.86. The van der Waals surface area contributed by atoms with Gasteiger partial charge in [-0.1, -0.05) is 32.1 Å². The molecule has 0 radical (unpaired) electrons. The Morgan fingerprint density at radius 2 is 1.95 bits per heavy atom. The van der Waals surface area contributed by atoms with E-state index in [-0.39, 0.29) is 5.75 Å². The zero-order valence-corrected chi connectivity index (χ0v) is 13.4. The van der Waals surface area contributed by atoms with Gasteiger partial charge in [-0.3, -0.25) is 0 Å². The second-order valence-electron chi connectivity index (χ2n) is 5.70. The van der Waals surface area contributed by atoms with Gasteiger partial charge < -0.3 is 4.18 Å². The summed E-state index contributed by atoms with van der Waals surface area (Å²) in [6, 6.07) is 7.48. The van der Waals surface area contributed by atoms with Crippen LogP contribution in [0.2, 0.25) is 0 Å². The van der Waals surface area contributed by atoms with Crippen LogP contribution in [0.4, 0.5) is 0 Å². The highest BCUT2D eigenvalue weighted by atomic mass is 32.2. The summed E-state index contributed by atoms with van der Waals surface area (Å²) >= 11 is 1.72. The summed E-state index contributed by atoms with van der Waals surface area (Å²) in [5.74, 6) is 1.07. The van der Waals surface area contributed by atoms with Crippen LogP contribution in [-0.2, 0) is 16.7 Å². The monoisotopic (exact) mass is 325 g/mol. The summed E-state index contributed by atoms with van der Waals surface area (Å²) in [5.41, 5.74) is 0. The van der Waals surface area contributed by atoms with Crippen molar-refractivity contribution in [3.63, 3.8) is 0 Å². The molecule has 0 spiro atoms. The van der Waals surface area contributed by atoms with Gasteiger partial charge in [0.1, 0.15) is 5.75 Å². The largest absolute Gasteiger partial charge is 0.380 e. The van der Waals surface area contributed by atoms with E-state index >= 15 is 0 Å². The molecule has 0 saturated heterocycles. The molecule has 4 nitrogen and oxygen atoms in total. The molecule has 1 fully saturated rings. The highest BCUT2D eigenvalue weighted by Crippen LogP contribution is 2.33. The highest BCUT2D eigenvalue weighted by Gasteiger charge is 2.15. The predicted octanol–water partition coefficient (Wildman–Crippen LogP) is 3.61. The van der Waals surface area contributed by atoms with Gasteiger partial charge in [-0.15, -0.1) is 11.3 Å². The fourth-order valence-electron chi connectivity index (χ4n) is 3.03. The van der Waals surface area contributed by atoms with Gasteiger partial charge >= 0.3 is 10.3 Å². The molecule has 21 heavy (non-hydrogen) atoms. The van der Waals surface area contributed by atoms with Gasteiger partial charge in [0.2, 0.25) is 0 Å². The van der Waals surface area contributed by atoms with Crippen molar-refractivity contribution in [3.8, 4) is 5.75 Å². The Balaban J connectivity index is 1.79. The van der Waals surface area contributed by atoms with E-state index in [1.54, 1.807) is 23.5 Å². The summed E-state index contributed by atoms with van der Waals surface area (Å²) in [7, 11) is -3.96. The molecule has 2 N–H and O–H groups in total. The van der Waals surface area contributed by atoms with E-state index in [0.29, 0.717) is 0 Å². The van der Waals surface area contributed by atoms with Gasteiger partial charge in [0.05, 0.1) is 0 Å². The molecule has 1 heterocycles. The normalized spacial score (nSPS) is 17.2. The van der Waals surface area contributed by atoms with Crippen molar-refractivity contribution in [2.45, 2.75) is 38.5 Å². The van der Waals surface area contributed by atoms with Crippen LogP contribution in [0.15, 0.2) is 24.3 Å². The fourth-order valence-corrected chi connectivity index (χ4v) is 4.61. The molecular formula is C15H19NO3S2. The van der Waals surface area contributed by atoms with Crippen molar-refractivity contribution in [1.29, 1.82) is 0 Å². The van der Waals surface area contributed by atoms with Crippen LogP contribution in [-0.4, -0.2) is 8.42 Å². The Bertz CT molecular complexity index is 730. The van der Waals surface area contributed by atoms with E-state index in [4.69, 9.17) is 9.32 Å². The topological polar surface area (TPSA) is 69.4 Å². The first kappa shape index (κ1) is 14.8. The van der Waals surface area contributed by atoms with Gasteiger partial charge in [0.15, 0.2) is 0 Å². The summed E-state index contributed by atoms with van der Waals surface area (Å²) in [5, 5.41) is 6.03. The SMILES string of the molecule is NS(=O)(=O)Oc1ccc2cc(CC3CCCCC3)sc2c1. The van der Waals surface area contributed by atoms with E-state index in [1.807, 2.05) is 6.07 Å². The Hall–Kier alpha value is -1.11. The average molecular weight is 325 g/mol. The Kier molecular flexibility index (Phi) is 4.19. The summed E-state index contributed by atoms with van der Waals surface area (Å²) in [4.78, 5) is 1.37. The Labute approximate surface area is 129 Å². The molecule has 1 aromatic carbocycles. The standard InChI is InChI=1S/C15H19NO3S2/c16-21(17,18)19-13-7-6-12-9-14(20-15(12)10-13)8-11-4-2-1-3-5-11/h6-7,9-11H,1-5,8H2,(H2,16,17,18). The third-order valence-electron chi connectivity index (χ3n) is 3.97. The molecule has 6 heteroatoms. The van der Waals surface area contributed by atoms with Gasteiger partial charge in [0, 0.05) is 9.58 Å². The molecule has 0 bridgehead atoms. The highest BCUT2D eigenvalue weighted by molar-refractivity contribution is 7.84. The van der Waals surface area contributed by atoms with Gasteiger partial charge in [-0.2, -0.15) is 13.6 Å². The third-order valence-corrected chi connectivity index (χ3v) is 5.51. The lowest BCUT2D eigenvalue weighted by molar-refractivity contribution is 0.358. The third kappa shape index (κ3) is 3.96. The van der Waals surface area contributed by atoms with Crippen molar-refractivity contribution < 1.29 is 12.6 Å². The minimum atomic E-state index is -3.96. The number of nitrogens with two attached hydrogens (primary N) is 1. The van der Waals surface area contributed by atoms with E-state index in [2.05, 4.69) is 6.07 Å². The molecule has 1 aliphatic carbocycles. The number of thiophene rings is 1.